The molecule has 0 bridgehead atoms. The first kappa shape index (κ1) is 19.1. The summed E-state index contributed by atoms with van der Waals surface area (Å²) in [6, 6.07) is 7.58. The summed E-state index contributed by atoms with van der Waals surface area (Å²) in [5.74, 6) is 0.129. The van der Waals surface area contributed by atoms with Gasteiger partial charge < -0.3 is 15.1 Å². The summed E-state index contributed by atoms with van der Waals surface area (Å²) in [6.07, 6.45) is 6.06. The normalized spacial score (nSPS) is 18.3. The molecule has 0 aliphatic carbocycles. The van der Waals surface area contributed by atoms with Gasteiger partial charge in [0.1, 0.15) is 0 Å². The number of rotatable bonds is 5. The molecule has 2 saturated heterocycles. The standard InChI is InChI=1S/C21H27N3O3/c1-2-19(25)22-17-8-6-16(7-9-17)15-21(27)23-13-10-18(11-14-23)24-12-4-3-5-20(24)26/h2,6-9,18H,1,3-5,10-15H2,(H,22,25). The van der Waals surface area contributed by atoms with Gasteiger partial charge in [0, 0.05) is 37.8 Å². The van der Waals surface area contributed by atoms with Crippen LogP contribution in [0, 0.1) is 0 Å². The van der Waals surface area contributed by atoms with E-state index >= 15 is 0 Å². The van der Waals surface area contributed by atoms with E-state index in [0.717, 1.165) is 37.8 Å². The van der Waals surface area contributed by atoms with Gasteiger partial charge in [-0.05, 0) is 49.5 Å². The number of hydrogen-bond acceptors (Lipinski definition) is 3. The van der Waals surface area contributed by atoms with Crippen molar-refractivity contribution in [1.29, 1.82) is 0 Å². The maximum Gasteiger partial charge on any atom is 0.247 e. The molecule has 2 aliphatic heterocycles. The molecule has 1 aromatic carbocycles. The van der Waals surface area contributed by atoms with E-state index in [1.165, 1.54) is 6.08 Å². The quantitative estimate of drug-likeness (QED) is 0.810. The van der Waals surface area contributed by atoms with Crippen LogP contribution < -0.4 is 5.32 Å². The average molecular weight is 369 g/mol. The van der Waals surface area contributed by atoms with Gasteiger partial charge in [0.2, 0.25) is 17.7 Å². The molecule has 2 fully saturated rings. The number of nitrogens with zero attached hydrogens (tertiary/aromatic N) is 2. The third-order valence-corrected chi connectivity index (χ3v) is 5.38. The van der Waals surface area contributed by atoms with Crippen LogP contribution in [0.2, 0.25) is 0 Å². The molecule has 3 rings (SSSR count). The number of carbonyl (C=O) groups is 3. The lowest BCUT2D eigenvalue weighted by molar-refractivity contribution is -0.138. The van der Waals surface area contributed by atoms with Gasteiger partial charge in [-0.15, -0.1) is 0 Å². The smallest absolute Gasteiger partial charge is 0.247 e. The third kappa shape index (κ3) is 4.96. The van der Waals surface area contributed by atoms with E-state index in [4.69, 9.17) is 0 Å². The number of amides is 3. The molecule has 6 heteroatoms. The molecule has 0 unspecified atom stereocenters. The van der Waals surface area contributed by atoms with E-state index in [9.17, 15) is 14.4 Å². The maximum absolute atomic E-state index is 12.6. The number of benzene rings is 1. The molecule has 2 heterocycles. The highest BCUT2D eigenvalue weighted by Gasteiger charge is 2.30. The topological polar surface area (TPSA) is 69.7 Å². The molecule has 1 aromatic rings. The van der Waals surface area contributed by atoms with E-state index < -0.39 is 0 Å². The fourth-order valence-electron chi connectivity index (χ4n) is 3.83. The van der Waals surface area contributed by atoms with E-state index in [2.05, 4.69) is 11.9 Å². The number of hydrogen-bond donors (Lipinski definition) is 1. The molecule has 6 nitrogen and oxygen atoms in total. The molecular weight excluding hydrogens is 342 g/mol. The first-order valence-corrected chi connectivity index (χ1v) is 9.66. The van der Waals surface area contributed by atoms with Crippen LogP contribution in [-0.2, 0) is 20.8 Å². The lowest BCUT2D eigenvalue weighted by atomic mass is 9.99. The Kier molecular flexibility index (Phi) is 6.27. The van der Waals surface area contributed by atoms with Crippen LogP contribution in [0.1, 0.15) is 37.7 Å². The lowest BCUT2D eigenvalue weighted by Gasteiger charge is -2.40. The molecule has 2 aliphatic rings. The van der Waals surface area contributed by atoms with E-state index in [-0.39, 0.29) is 23.8 Å². The molecule has 3 amide bonds. The number of likely N-dealkylation sites (tertiary alicyclic amines) is 2. The Labute approximate surface area is 160 Å². The number of anilines is 1. The van der Waals surface area contributed by atoms with Gasteiger partial charge in [-0.1, -0.05) is 18.7 Å². The van der Waals surface area contributed by atoms with Gasteiger partial charge in [-0.25, -0.2) is 0 Å². The first-order valence-electron chi connectivity index (χ1n) is 9.66. The van der Waals surface area contributed by atoms with Crippen molar-refractivity contribution in [2.45, 2.75) is 44.6 Å². The zero-order chi connectivity index (χ0) is 19.2. The van der Waals surface area contributed by atoms with Crippen molar-refractivity contribution in [2.24, 2.45) is 0 Å². The predicted molar refractivity (Wildman–Crippen MR) is 104 cm³/mol. The number of piperidine rings is 2. The van der Waals surface area contributed by atoms with Crippen molar-refractivity contribution in [3.63, 3.8) is 0 Å². The van der Waals surface area contributed by atoms with Crippen molar-refractivity contribution in [3.8, 4) is 0 Å². The summed E-state index contributed by atoms with van der Waals surface area (Å²) in [7, 11) is 0. The van der Waals surface area contributed by atoms with Crippen LogP contribution in [0.25, 0.3) is 0 Å². The average Bonchev–Trinajstić information content (AvgIpc) is 2.70. The maximum atomic E-state index is 12.6. The van der Waals surface area contributed by atoms with E-state index in [1.807, 2.05) is 21.9 Å². The number of carbonyl (C=O) groups excluding carboxylic acids is 3. The predicted octanol–water partition coefficient (Wildman–Crippen LogP) is 2.36. The first-order chi connectivity index (χ1) is 13.1. The molecule has 0 aromatic heterocycles. The Bertz CT molecular complexity index is 706. The van der Waals surface area contributed by atoms with Gasteiger partial charge in [0.25, 0.3) is 0 Å². The summed E-state index contributed by atoms with van der Waals surface area (Å²) in [4.78, 5) is 39.9. The van der Waals surface area contributed by atoms with Crippen LogP contribution in [-0.4, -0.2) is 53.2 Å². The highest BCUT2D eigenvalue weighted by molar-refractivity contribution is 5.98. The minimum Gasteiger partial charge on any atom is -0.342 e. The minimum atomic E-state index is -0.256. The highest BCUT2D eigenvalue weighted by Crippen LogP contribution is 2.22. The van der Waals surface area contributed by atoms with E-state index in [0.29, 0.717) is 31.6 Å². The second-order valence-corrected chi connectivity index (χ2v) is 7.22. The summed E-state index contributed by atoms with van der Waals surface area (Å²) < 4.78 is 0. The summed E-state index contributed by atoms with van der Waals surface area (Å²) in [5, 5.41) is 2.69. The number of nitrogens with one attached hydrogen (secondary N) is 1. The molecule has 0 atom stereocenters. The monoisotopic (exact) mass is 369 g/mol. The molecule has 0 spiro atoms. The van der Waals surface area contributed by atoms with Crippen molar-refractivity contribution in [1.82, 2.24) is 9.80 Å². The fourth-order valence-corrected chi connectivity index (χ4v) is 3.83. The fraction of sp³-hybridized carbons (Fsp3) is 0.476. The summed E-state index contributed by atoms with van der Waals surface area (Å²) in [6.45, 7) is 5.71. The summed E-state index contributed by atoms with van der Waals surface area (Å²) >= 11 is 0. The van der Waals surface area contributed by atoms with E-state index in [1.54, 1.807) is 12.1 Å². The second kappa shape index (κ2) is 8.84. The van der Waals surface area contributed by atoms with Crippen molar-refractivity contribution >= 4 is 23.4 Å². The van der Waals surface area contributed by atoms with Gasteiger partial charge in [0.05, 0.1) is 6.42 Å². The molecule has 0 saturated carbocycles. The lowest BCUT2D eigenvalue weighted by Crippen LogP contribution is -2.50. The minimum absolute atomic E-state index is 0.112. The molecule has 144 valence electrons. The van der Waals surface area contributed by atoms with Crippen molar-refractivity contribution in [3.05, 3.63) is 42.5 Å². The molecular formula is C21H27N3O3. The van der Waals surface area contributed by atoms with Gasteiger partial charge in [-0.3, -0.25) is 14.4 Å². The molecule has 1 N–H and O–H groups in total. The van der Waals surface area contributed by atoms with Gasteiger partial charge >= 0.3 is 0 Å². The van der Waals surface area contributed by atoms with Crippen LogP contribution in [0.15, 0.2) is 36.9 Å². The van der Waals surface area contributed by atoms with Crippen molar-refractivity contribution < 1.29 is 14.4 Å². The molecule has 0 radical (unpaired) electrons. The highest BCUT2D eigenvalue weighted by atomic mass is 16.2. The SMILES string of the molecule is C=CC(=O)Nc1ccc(CC(=O)N2CCC(N3CCCCC3=O)CC2)cc1. The third-order valence-electron chi connectivity index (χ3n) is 5.38. The van der Waals surface area contributed by atoms with Crippen LogP contribution >= 0.6 is 0 Å². The van der Waals surface area contributed by atoms with Crippen LogP contribution in [0.5, 0.6) is 0 Å². The Morgan fingerprint density at radius 1 is 1.11 bits per heavy atom. The van der Waals surface area contributed by atoms with Crippen LogP contribution in [0.4, 0.5) is 5.69 Å². The zero-order valence-electron chi connectivity index (χ0n) is 15.7. The Morgan fingerprint density at radius 2 is 1.81 bits per heavy atom. The Hall–Kier alpha value is -2.63. The summed E-state index contributed by atoms with van der Waals surface area (Å²) in [5.41, 5.74) is 1.60. The Morgan fingerprint density at radius 3 is 2.44 bits per heavy atom. The Balaban J connectivity index is 1.48. The zero-order valence-corrected chi connectivity index (χ0v) is 15.7. The van der Waals surface area contributed by atoms with Crippen molar-refractivity contribution in [2.75, 3.05) is 25.0 Å². The largest absolute Gasteiger partial charge is 0.342 e. The molecule has 27 heavy (non-hydrogen) atoms. The van der Waals surface area contributed by atoms with Gasteiger partial charge in [-0.2, -0.15) is 0 Å². The second-order valence-electron chi connectivity index (χ2n) is 7.22. The van der Waals surface area contributed by atoms with Crippen LogP contribution in [0.3, 0.4) is 0 Å². The van der Waals surface area contributed by atoms with Gasteiger partial charge in [0.15, 0.2) is 0 Å².